The summed E-state index contributed by atoms with van der Waals surface area (Å²) < 4.78 is 38.5. The van der Waals surface area contributed by atoms with Crippen molar-refractivity contribution in [1.82, 2.24) is 19.9 Å². The molecule has 0 saturated carbocycles. The zero-order chi connectivity index (χ0) is 17.9. The molecule has 3 heterocycles. The van der Waals surface area contributed by atoms with Gasteiger partial charge in [-0.3, -0.25) is 9.78 Å². The summed E-state index contributed by atoms with van der Waals surface area (Å²) in [4.78, 5) is 27.4. The standard InChI is InChI=1S/C16H16F3N5O/c17-16(18,19)13-3-1-4-14(22-13)23-7-2-8-24(10-9-23)15(25)12-11-20-5-6-21-12/h1,3-6,11H,2,7-10H2. The molecule has 0 aromatic carbocycles. The summed E-state index contributed by atoms with van der Waals surface area (Å²) >= 11 is 0. The number of halogens is 3. The molecule has 25 heavy (non-hydrogen) atoms. The molecule has 0 N–H and O–H groups in total. The highest BCUT2D eigenvalue weighted by atomic mass is 19.4. The molecule has 0 aliphatic carbocycles. The number of hydrogen-bond donors (Lipinski definition) is 0. The Morgan fingerprint density at radius 2 is 1.92 bits per heavy atom. The average molecular weight is 351 g/mol. The van der Waals surface area contributed by atoms with Gasteiger partial charge in [0.1, 0.15) is 17.2 Å². The van der Waals surface area contributed by atoms with E-state index >= 15 is 0 Å². The lowest BCUT2D eigenvalue weighted by Gasteiger charge is -2.23. The van der Waals surface area contributed by atoms with Gasteiger partial charge >= 0.3 is 6.18 Å². The van der Waals surface area contributed by atoms with Gasteiger partial charge < -0.3 is 9.80 Å². The maximum Gasteiger partial charge on any atom is 0.433 e. The van der Waals surface area contributed by atoms with Crippen LogP contribution in [0.1, 0.15) is 22.6 Å². The van der Waals surface area contributed by atoms with E-state index in [1.807, 2.05) is 0 Å². The number of anilines is 1. The Morgan fingerprint density at radius 1 is 1.08 bits per heavy atom. The molecule has 1 amide bonds. The van der Waals surface area contributed by atoms with Gasteiger partial charge in [-0.2, -0.15) is 13.2 Å². The summed E-state index contributed by atoms with van der Waals surface area (Å²) in [6.45, 7) is 1.82. The van der Waals surface area contributed by atoms with Crippen molar-refractivity contribution < 1.29 is 18.0 Å². The van der Waals surface area contributed by atoms with Gasteiger partial charge in [0.2, 0.25) is 0 Å². The second-order valence-corrected chi connectivity index (χ2v) is 5.60. The number of amides is 1. The molecular weight excluding hydrogens is 335 g/mol. The Bertz CT molecular complexity index is 738. The molecule has 1 aliphatic rings. The van der Waals surface area contributed by atoms with Crippen LogP contribution in [0.4, 0.5) is 19.0 Å². The van der Waals surface area contributed by atoms with E-state index in [0.29, 0.717) is 32.6 Å². The summed E-state index contributed by atoms with van der Waals surface area (Å²) in [5, 5.41) is 0. The lowest BCUT2D eigenvalue weighted by atomic mass is 10.3. The van der Waals surface area contributed by atoms with Gasteiger partial charge in [-0.25, -0.2) is 9.97 Å². The van der Waals surface area contributed by atoms with Crippen LogP contribution in [0.3, 0.4) is 0 Å². The molecule has 1 saturated heterocycles. The van der Waals surface area contributed by atoms with Crippen molar-refractivity contribution >= 4 is 11.7 Å². The van der Waals surface area contributed by atoms with Crippen LogP contribution in [0.5, 0.6) is 0 Å². The topological polar surface area (TPSA) is 62.2 Å². The number of aromatic nitrogens is 3. The molecule has 2 aromatic heterocycles. The van der Waals surface area contributed by atoms with Crippen molar-refractivity contribution in [3.05, 3.63) is 48.2 Å². The predicted octanol–water partition coefficient (Wildman–Crippen LogP) is 2.24. The second-order valence-electron chi connectivity index (χ2n) is 5.60. The molecule has 2 aromatic rings. The lowest BCUT2D eigenvalue weighted by Crippen LogP contribution is -2.36. The molecule has 1 aliphatic heterocycles. The maximum absolute atomic E-state index is 12.8. The van der Waals surface area contributed by atoms with Crippen molar-refractivity contribution in [1.29, 1.82) is 0 Å². The summed E-state index contributed by atoms with van der Waals surface area (Å²) in [7, 11) is 0. The quantitative estimate of drug-likeness (QED) is 0.830. The summed E-state index contributed by atoms with van der Waals surface area (Å²) in [6.07, 6.45) is 0.489. The van der Waals surface area contributed by atoms with Crippen LogP contribution in [0.25, 0.3) is 0 Å². The largest absolute Gasteiger partial charge is 0.433 e. The minimum Gasteiger partial charge on any atom is -0.355 e. The highest BCUT2D eigenvalue weighted by Gasteiger charge is 2.33. The fourth-order valence-corrected chi connectivity index (χ4v) is 2.68. The number of carbonyl (C=O) groups excluding carboxylic acids is 1. The fourth-order valence-electron chi connectivity index (χ4n) is 2.68. The van der Waals surface area contributed by atoms with Crippen molar-refractivity contribution in [2.24, 2.45) is 0 Å². The highest BCUT2D eigenvalue weighted by Crippen LogP contribution is 2.29. The van der Waals surface area contributed by atoms with E-state index in [2.05, 4.69) is 15.0 Å². The SMILES string of the molecule is O=C(c1cnccn1)N1CCCN(c2cccc(C(F)(F)F)n2)CC1. The first kappa shape index (κ1) is 17.1. The molecular formula is C16H16F3N5O. The molecule has 132 valence electrons. The smallest absolute Gasteiger partial charge is 0.355 e. The molecule has 0 bridgehead atoms. The number of carbonyl (C=O) groups is 1. The van der Waals surface area contributed by atoms with Gasteiger partial charge in [-0.1, -0.05) is 6.07 Å². The second kappa shape index (κ2) is 7.04. The van der Waals surface area contributed by atoms with Crippen LogP contribution in [0.2, 0.25) is 0 Å². The van der Waals surface area contributed by atoms with Crippen LogP contribution < -0.4 is 4.90 Å². The zero-order valence-electron chi connectivity index (χ0n) is 13.3. The molecule has 0 spiro atoms. The van der Waals surface area contributed by atoms with Crippen LogP contribution in [0, 0.1) is 0 Å². The molecule has 0 radical (unpaired) electrons. The first-order valence-corrected chi connectivity index (χ1v) is 7.79. The van der Waals surface area contributed by atoms with Crippen LogP contribution in [0.15, 0.2) is 36.8 Å². The van der Waals surface area contributed by atoms with Crippen molar-refractivity contribution in [3.63, 3.8) is 0 Å². The van der Waals surface area contributed by atoms with Gasteiger partial charge in [0.15, 0.2) is 0 Å². The normalized spacial score (nSPS) is 15.8. The summed E-state index contributed by atoms with van der Waals surface area (Å²) in [5.74, 6) is 0.0376. The fraction of sp³-hybridized carbons (Fsp3) is 0.375. The Labute approximate surface area is 142 Å². The highest BCUT2D eigenvalue weighted by molar-refractivity contribution is 5.92. The van der Waals surface area contributed by atoms with E-state index in [0.717, 1.165) is 6.07 Å². The molecule has 0 unspecified atom stereocenters. The maximum atomic E-state index is 12.8. The van der Waals surface area contributed by atoms with Crippen molar-refractivity contribution in [2.75, 3.05) is 31.1 Å². The molecule has 1 fully saturated rings. The number of pyridine rings is 1. The van der Waals surface area contributed by atoms with Gasteiger partial charge in [0, 0.05) is 38.6 Å². The predicted molar refractivity (Wildman–Crippen MR) is 84.0 cm³/mol. The van der Waals surface area contributed by atoms with E-state index in [9.17, 15) is 18.0 Å². The summed E-state index contributed by atoms with van der Waals surface area (Å²) in [6, 6.07) is 3.85. The van der Waals surface area contributed by atoms with E-state index < -0.39 is 11.9 Å². The minimum atomic E-state index is -4.48. The van der Waals surface area contributed by atoms with Crippen LogP contribution >= 0.6 is 0 Å². The molecule has 3 rings (SSSR count). The van der Waals surface area contributed by atoms with Gasteiger partial charge in [-0.05, 0) is 18.6 Å². The van der Waals surface area contributed by atoms with Gasteiger partial charge in [0.05, 0.1) is 6.20 Å². The number of rotatable bonds is 2. The first-order valence-electron chi connectivity index (χ1n) is 7.79. The van der Waals surface area contributed by atoms with E-state index in [-0.39, 0.29) is 17.4 Å². The zero-order valence-corrected chi connectivity index (χ0v) is 13.3. The van der Waals surface area contributed by atoms with Crippen LogP contribution in [-0.2, 0) is 6.18 Å². The average Bonchev–Trinajstić information content (AvgIpc) is 2.87. The Kier molecular flexibility index (Phi) is 4.82. The molecule has 6 nitrogen and oxygen atoms in total. The van der Waals surface area contributed by atoms with Crippen LogP contribution in [-0.4, -0.2) is 51.9 Å². The molecule has 9 heteroatoms. The monoisotopic (exact) mass is 351 g/mol. The minimum absolute atomic E-state index is 0.230. The number of alkyl halides is 3. The van der Waals surface area contributed by atoms with Crippen molar-refractivity contribution in [3.8, 4) is 0 Å². The Balaban J connectivity index is 1.71. The Hall–Kier alpha value is -2.71. The number of nitrogens with zero attached hydrogens (tertiary/aromatic N) is 5. The van der Waals surface area contributed by atoms with Crippen molar-refractivity contribution in [2.45, 2.75) is 12.6 Å². The third-order valence-electron chi connectivity index (χ3n) is 3.91. The molecule has 0 atom stereocenters. The van der Waals surface area contributed by atoms with E-state index in [1.165, 1.54) is 24.7 Å². The summed E-state index contributed by atoms with van der Waals surface area (Å²) in [5.41, 5.74) is -0.658. The van der Waals surface area contributed by atoms with Gasteiger partial charge in [-0.15, -0.1) is 0 Å². The lowest BCUT2D eigenvalue weighted by molar-refractivity contribution is -0.141. The number of hydrogen-bond acceptors (Lipinski definition) is 5. The van der Waals surface area contributed by atoms with E-state index in [1.54, 1.807) is 15.9 Å². The van der Waals surface area contributed by atoms with Gasteiger partial charge in [0.25, 0.3) is 5.91 Å². The third-order valence-corrected chi connectivity index (χ3v) is 3.91. The Morgan fingerprint density at radius 3 is 2.64 bits per heavy atom. The van der Waals surface area contributed by atoms with E-state index in [4.69, 9.17) is 0 Å². The third kappa shape index (κ3) is 4.04. The first-order chi connectivity index (χ1) is 11.9.